The number of nitrogens with one attached hydrogen (secondary N) is 2. The van der Waals surface area contributed by atoms with E-state index in [1.165, 1.54) is 4.57 Å². The van der Waals surface area contributed by atoms with E-state index in [1.54, 1.807) is 11.6 Å². The highest BCUT2D eigenvalue weighted by atomic mass is 16.5. The maximum Gasteiger partial charge on any atom is 0.329 e. The fourth-order valence-corrected chi connectivity index (χ4v) is 3.83. The van der Waals surface area contributed by atoms with Crippen LogP contribution in [0.3, 0.4) is 0 Å². The number of fused-ring (bicyclic) bond motifs is 1. The van der Waals surface area contributed by atoms with Crippen molar-refractivity contribution >= 4 is 17.1 Å². The van der Waals surface area contributed by atoms with Crippen LogP contribution in [-0.4, -0.2) is 68.5 Å². The highest BCUT2D eigenvalue weighted by Gasteiger charge is 2.20. The second kappa shape index (κ2) is 9.46. The molecule has 0 spiro atoms. The second-order valence-electron chi connectivity index (χ2n) is 7.70. The molecule has 1 aromatic carbocycles. The first kappa shape index (κ1) is 21.3. The molecule has 0 radical (unpaired) electrons. The highest BCUT2D eigenvalue weighted by Crippen LogP contribution is 2.21. The molecule has 1 saturated heterocycles. The standard InChI is InChI=1S/C21H28N6O4/c1-25-18-17(19(29)24-21(25)30)27(14-16(28)15-6-3-2-4-7-15)20(23-18)22-8-5-9-26-10-12-31-13-11-26/h2-4,6-7,16,28H,5,8-14H2,1H3,(H,22,23)(H,24,29,30)/t16-/m1/s1. The Bertz CT molecular complexity index is 1130. The van der Waals surface area contributed by atoms with Gasteiger partial charge >= 0.3 is 5.69 Å². The minimum absolute atomic E-state index is 0.133. The number of ether oxygens (including phenoxy) is 1. The Kier molecular flexibility index (Phi) is 6.50. The van der Waals surface area contributed by atoms with Gasteiger partial charge in [-0.2, -0.15) is 4.98 Å². The summed E-state index contributed by atoms with van der Waals surface area (Å²) in [5.74, 6) is 0.457. The first-order valence-electron chi connectivity index (χ1n) is 10.5. The molecule has 3 heterocycles. The summed E-state index contributed by atoms with van der Waals surface area (Å²) in [6.45, 7) is 5.09. The molecule has 2 aromatic heterocycles. The van der Waals surface area contributed by atoms with Gasteiger partial charge in [0.15, 0.2) is 11.2 Å². The Balaban J connectivity index is 1.58. The zero-order valence-electron chi connectivity index (χ0n) is 17.6. The van der Waals surface area contributed by atoms with Crippen LogP contribution in [0.2, 0.25) is 0 Å². The lowest BCUT2D eigenvalue weighted by atomic mass is 10.1. The summed E-state index contributed by atoms with van der Waals surface area (Å²) in [5, 5.41) is 14.0. The molecule has 3 aromatic rings. The van der Waals surface area contributed by atoms with Gasteiger partial charge in [-0.3, -0.25) is 19.2 Å². The first-order chi connectivity index (χ1) is 15.0. The summed E-state index contributed by atoms with van der Waals surface area (Å²) in [7, 11) is 1.56. The number of benzene rings is 1. The summed E-state index contributed by atoms with van der Waals surface area (Å²) in [6.07, 6.45) is 0.0591. The fraction of sp³-hybridized carbons (Fsp3) is 0.476. The molecule has 1 aliphatic rings. The van der Waals surface area contributed by atoms with Crippen LogP contribution in [0.1, 0.15) is 18.1 Å². The number of aliphatic hydroxyl groups is 1. The van der Waals surface area contributed by atoms with Crippen LogP contribution in [-0.2, 0) is 18.3 Å². The van der Waals surface area contributed by atoms with Gasteiger partial charge in [0, 0.05) is 26.7 Å². The number of aryl methyl sites for hydroxylation is 1. The Hall–Kier alpha value is -2.95. The number of anilines is 1. The van der Waals surface area contributed by atoms with Crippen LogP contribution >= 0.6 is 0 Å². The van der Waals surface area contributed by atoms with Gasteiger partial charge in [0.05, 0.1) is 25.9 Å². The number of hydrogen-bond donors (Lipinski definition) is 3. The molecule has 10 nitrogen and oxygen atoms in total. The normalized spacial score (nSPS) is 15.9. The number of morpholine rings is 1. The van der Waals surface area contributed by atoms with Gasteiger partial charge < -0.3 is 19.7 Å². The van der Waals surface area contributed by atoms with E-state index in [9.17, 15) is 14.7 Å². The predicted octanol–water partition coefficient (Wildman–Crippen LogP) is 0.291. The van der Waals surface area contributed by atoms with Crippen molar-refractivity contribution < 1.29 is 9.84 Å². The summed E-state index contributed by atoms with van der Waals surface area (Å²) >= 11 is 0. The maximum atomic E-state index is 12.6. The number of rotatable bonds is 8. The molecule has 10 heteroatoms. The summed E-state index contributed by atoms with van der Waals surface area (Å²) < 4.78 is 8.33. The van der Waals surface area contributed by atoms with Crippen LogP contribution in [0.25, 0.3) is 11.2 Å². The van der Waals surface area contributed by atoms with Crippen molar-refractivity contribution in [2.24, 2.45) is 7.05 Å². The van der Waals surface area contributed by atoms with Crippen molar-refractivity contribution in [3.63, 3.8) is 0 Å². The average molecular weight is 428 g/mol. The van der Waals surface area contributed by atoms with Crippen molar-refractivity contribution in [3.05, 3.63) is 56.7 Å². The van der Waals surface area contributed by atoms with Crippen molar-refractivity contribution in [1.82, 2.24) is 24.0 Å². The molecule has 4 rings (SSSR count). The van der Waals surface area contributed by atoms with Gasteiger partial charge in [-0.1, -0.05) is 30.3 Å². The molecule has 1 atom stereocenters. The number of aromatic nitrogens is 4. The second-order valence-corrected chi connectivity index (χ2v) is 7.70. The molecule has 0 saturated carbocycles. The van der Waals surface area contributed by atoms with Gasteiger partial charge in [0.2, 0.25) is 5.95 Å². The van der Waals surface area contributed by atoms with Gasteiger partial charge in [-0.25, -0.2) is 4.79 Å². The van der Waals surface area contributed by atoms with Crippen molar-refractivity contribution in [2.75, 3.05) is 44.7 Å². The van der Waals surface area contributed by atoms with E-state index >= 15 is 0 Å². The lowest BCUT2D eigenvalue weighted by Crippen LogP contribution is -2.37. The molecule has 31 heavy (non-hydrogen) atoms. The minimum atomic E-state index is -0.830. The zero-order valence-corrected chi connectivity index (χ0v) is 17.6. The molecular weight excluding hydrogens is 400 g/mol. The van der Waals surface area contributed by atoms with E-state index in [-0.39, 0.29) is 17.7 Å². The van der Waals surface area contributed by atoms with Gasteiger partial charge in [-0.15, -0.1) is 0 Å². The van der Waals surface area contributed by atoms with E-state index < -0.39 is 17.4 Å². The van der Waals surface area contributed by atoms with Gasteiger partial charge in [-0.05, 0) is 18.5 Å². The summed E-state index contributed by atoms with van der Waals surface area (Å²) in [6, 6.07) is 9.25. The van der Waals surface area contributed by atoms with Crippen molar-refractivity contribution in [3.8, 4) is 0 Å². The number of nitrogens with zero attached hydrogens (tertiary/aromatic N) is 4. The highest BCUT2D eigenvalue weighted by molar-refractivity contribution is 5.74. The molecule has 3 N–H and O–H groups in total. The molecule has 0 unspecified atom stereocenters. The fourth-order valence-electron chi connectivity index (χ4n) is 3.83. The van der Waals surface area contributed by atoms with E-state index in [0.717, 1.165) is 44.8 Å². The van der Waals surface area contributed by atoms with E-state index in [0.29, 0.717) is 12.5 Å². The van der Waals surface area contributed by atoms with Crippen LogP contribution < -0.4 is 16.6 Å². The third-order valence-corrected chi connectivity index (χ3v) is 5.58. The van der Waals surface area contributed by atoms with Crippen LogP contribution in [0, 0.1) is 0 Å². The van der Waals surface area contributed by atoms with Gasteiger partial charge in [0.1, 0.15) is 0 Å². The number of aliphatic hydroxyl groups excluding tert-OH is 1. The van der Waals surface area contributed by atoms with E-state index in [2.05, 4.69) is 20.2 Å². The maximum absolute atomic E-state index is 12.6. The molecule has 1 aliphatic heterocycles. The number of hydrogen-bond acceptors (Lipinski definition) is 7. The van der Waals surface area contributed by atoms with Gasteiger partial charge in [0.25, 0.3) is 5.56 Å². The zero-order chi connectivity index (χ0) is 21.8. The van der Waals surface area contributed by atoms with E-state index in [4.69, 9.17) is 4.74 Å². The van der Waals surface area contributed by atoms with Crippen molar-refractivity contribution in [1.29, 1.82) is 0 Å². The topological polar surface area (TPSA) is 117 Å². The molecule has 166 valence electrons. The van der Waals surface area contributed by atoms with Crippen molar-refractivity contribution in [2.45, 2.75) is 19.1 Å². The van der Waals surface area contributed by atoms with Crippen LogP contribution in [0.5, 0.6) is 0 Å². The lowest BCUT2D eigenvalue weighted by Gasteiger charge is -2.26. The Morgan fingerprint density at radius 1 is 1.23 bits per heavy atom. The summed E-state index contributed by atoms with van der Waals surface area (Å²) in [4.78, 5) is 33.8. The third kappa shape index (κ3) is 4.71. The first-order valence-corrected chi connectivity index (χ1v) is 10.5. The smallest absolute Gasteiger partial charge is 0.329 e. The average Bonchev–Trinajstić information content (AvgIpc) is 3.15. The third-order valence-electron chi connectivity index (χ3n) is 5.58. The predicted molar refractivity (Wildman–Crippen MR) is 117 cm³/mol. The van der Waals surface area contributed by atoms with Crippen LogP contribution in [0.15, 0.2) is 39.9 Å². The quantitative estimate of drug-likeness (QED) is 0.442. The molecule has 0 amide bonds. The van der Waals surface area contributed by atoms with Crippen LogP contribution in [0.4, 0.5) is 5.95 Å². The Morgan fingerprint density at radius 3 is 2.71 bits per heavy atom. The Morgan fingerprint density at radius 2 is 1.97 bits per heavy atom. The van der Waals surface area contributed by atoms with E-state index in [1.807, 2.05) is 30.3 Å². The minimum Gasteiger partial charge on any atom is -0.387 e. The number of imidazole rings is 1. The molecule has 0 aliphatic carbocycles. The summed E-state index contributed by atoms with van der Waals surface area (Å²) in [5.41, 5.74) is 0.234. The SMILES string of the molecule is Cn1c(=O)[nH]c(=O)c2c1nc(NCCCN1CCOCC1)n2C[C@@H](O)c1ccccc1. The Labute approximate surface area is 179 Å². The largest absolute Gasteiger partial charge is 0.387 e. The monoisotopic (exact) mass is 428 g/mol. The molecular formula is C21H28N6O4. The lowest BCUT2D eigenvalue weighted by molar-refractivity contribution is 0.0378. The number of aromatic amines is 1. The molecule has 0 bridgehead atoms. The number of H-pyrrole nitrogens is 1. The molecule has 1 fully saturated rings.